The molecule has 1 aromatic carbocycles. The van der Waals surface area contributed by atoms with Crippen molar-refractivity contribution in [1.29, 1.82) is 0 Å². The Morgan fingerprint density at radius 3 is 2.85 bits per heavy atom. The highest BCUT2D eigenvalue weighted by molar-refractivity contribution is 7.99. The van der Waals surface area contributed by atoms with Gasteiger partial charge < -0.3 is 15.0 Å². The first kappa shape index (κ1) is 17.5. The average Bonchev–Trinajstić information content (AvgIpc) is 3.01. The van der Waals surface area contributed by atoms with Crippen LogP contribution in [0.2, 0.25) is 0 Å². The Labute approximate surface area is 152 Å². The molecule has 0 spiro atoms. The van der Waals surface area contributed by atoms with Gasteiger partial charge in [0.25, 0.3) is 0 Å². The van der Waals surface area contributed by atoms with Crippen LogP contribution in [0.4, 0.5) is 5.69 Å². The van der Waals surface area contributed by atoms with Gasteiger partial charge in [-0.15, -0.1) is 10.2 Å². The molecule has 3 rings (SSSR count). The van der Waals surface area contributed by atoms with Gasteiger partial charge in [0.05, 0.1) is 17.5 Å². The minimum absolute atomic E-state index is 0.101. The number of carboxylic acid groups (broad SMARTS) is 1. The van der Waals surface area contributed by atoms with Crippen LogP contribution >= 0.6 is 11.8 Å². The summed E-state index contributed by atoms with van der Waals surface area (Å²) in [4.78, 5) is 31.2. The van der Waals surface area contributed by atoms with E-state index in [9.17, 15) is 9.59 Å². The Morgan fingerprint density at radius 2 is 2.12 bits per heavy atom. The van der Waals surface area contributed by atoms with Gasteiger partial charge in [-0.1, -0.05) is 17.8 Å². The molecule has 0 saturated carbocycles. The van der Waals surface area contributed by atoms with E-state index in [4.69, 9.17) is 5.11 Å². The molecule has 2 N–H and O–H groups in total. The van der Waals surface area contributed by atoms with Crippen LogP contribution in [0.25, 0.3) is 11.5 Å². The summed E-state index contributed by atoms with van der Waals surface area (Å²) in [6.07, 6.45) is 4.72. The smallest absolute Gasteiger partial charge is 0.335 e. The number of carbonyl (C=O) groups is 2. The fourth-order valence-corrected chi connectivity index (χ4v) is 2.85. The van der Waals surface area contributed by atoms with Crippen molar-refractivity contribution in [3.05, 3.63) is 48.4 Å². The molecule has 0 unspecified atom stereocenters. The van der Waals surface area contributed by atoms with E-state index in [1.807, 2.05) is 0 Å². The number of carboxylic acids is 1. The molecule has 0 bridgehead atoms. The van der Waals surface area contributed by atoms with E-state index in [0.29, 0.717) is 22.4 Å². The average molecular weight is 370 g/mol. The zero-order chi connectivity index (χ0) is 18.5. The van der Waals surface area contributed by atoms with E-state index in [1.165, 1.54) is 23.9 Å². The van der Waals surface area contributed by atoms with Crippen molar-refractivity contribution in [2.45, 2.75) is 5.16 Å². The molecule has 0 aliphatic rings. The number of hydrogen-bond donors (Lipinski definition) is 2. The topological polar surface area (TPSA) is 123 Å². The molecule has 0 fully saturated rings. The van der Waals surface area contributed by atoms with Gasteiger partial charge in [0.2, 0.25) is 5.91 Å². The number of aromatic carboxylic acids is 1. The number of thioether (sulfide) groups is 1. The van der Waals surface area contributed by atoms with Crippen molar-refractivity contribution in [3.63, 3.8) is 0 Å². The fourth-order valence-electron chi connectivity index (χ4n) is 2.14. The highest BCUT2D eigenvalue weighted by Crippen LogP contribution is 2.21. The van der Waals surface area contributed by atoms with Gasteiger partial charge in [-0.05, 0) is 18.2 Å². The molecule has 2 aromatic heterocycles. The predicted octanol–water partition coefficient (Wildman–Crippen LogP) is 1.70. The highest BCUT2D eigenvalue weighted by Gasteiger charge is 2.14. The number of carbonyl (C=O) groups excluding carboxylic acids is 1. The van der Waals surface area contributed by atoms with Crippen molar-refractivity contribution in [3.8, 4) is 11.5 Å². The number of nitrogens with one attached hydrogen (secondary N) is 1. The second-order valence-corrected chi connectivity index (χ2v) is 6.12. The molecule has 3 aromatic rings. The van der Waals surface area contributed by atoms with Crippen LogP contribution in [0.15, 0.2) is 48.0 Å². The van der Waals surface area contributed by atoms with Crippen LogP contribution in [-0.4, -0.2) is 47.5 Å². The lowest BCUT2D eigenvalue weighted by atomic mass is 10.2. The summed E-state index contributed by atoms with van der Waals surface area (Å²) in [6.45, 7) is 0. The quantitative estimate of drug-likeness (QED) is 0.629. The van der Waals surface area contributed by atoms with Gasteiger partial charge in [-0.2, -0.15) is 0 Å². The lowest BCUT2D eigenvalue weighted by Gasteiger charge is -2.06. The molecule has 0 saturated heterocycles. The van der Waals surface area contributed by atoms with E-state index >= 15 is 0 Å². The minimum atomic E-state index is -1.05. The maximum absolute atomic E-state index is 12.1. The monoisotopic (exact) mass is 370 g/mol. The van der Waals surface area contributed by atoms with Crippen LogP contribution in [0.1, 0.15) is 10.4 Å². The van der Waals surface area contributed by atoms with Crippen molar-refractivity contribution in [2.24, 2.45) is 7.05 Å². The SMILES string of the molecule is Cn1c(SCC(=O)Nc2cccc(C(=O)O)c2)nnc1-c1cnccn1. The third kappa shape index (κ3) is 4.03. The Balaban J connectivity index is 1.63. The van der Waals surface area contributed by atoms with Gasteiger partial charge in [0.15, 0.2) is 11.0 Å². The molecule has 26 heavy (non-hydrogen) atoms. The number of benzene rings is 1. The Morgan fingerprint density at radius 1 is 1.27 bits per heavy atom. The molecule has 0 aliphatic carbocycles. The standard InChI is InChI=1S/C16H14N6O3S/c1-22-14(12-8-17-5-6-18-12)20-21-16(22)26-9-13(23)19-11-4-2-3-10(7-11)15(24)25/h2-8H,9H2,1H3,(H,19,23)(H,24,25). The molecular weight excluding hydrogens is 356 g/mol. The van der Waals surface area contributed by atoms with Crippen LogP contribution in [0, 0.1) is 0 Å². The molecule has 1 amide bonds. The summed E-state index contributed by atoms with van der Waals surface area (Å²) in [5.74, 6) is -0.674. The van der Waals surface area contributed by atoms with Gasteiger partial charge in [-0.25, -0.2) is 9.78 Å². The number of nitrogens with zero attached hydrogens (tertiary/aromatic N) is 5. The molecule has 0 atom stereocenters. The Kier molecular flexibility index (Phi) is 5.23. The van der Waals surface area contributed by atoms with E-state index in [-0.39, 0.29) is 17.2 Å². The molecule has 2 heterocycles. The number of anilines is 1. The first-order valence-corrected chi connectivity index (χ1v) is 8.45. The highest BCUT2D eigenvalue weighted by atomic mass is 32.2. The van der Waals surface area contributed by atoms with Crippen molar-refractivity contribution >= 4 is 29.3 Å². The second-order valence-electron chi connectivity index (χ2n) is 5.18. The number of hydrogen-bond acceptors (Lipinski definition) is 7. The summed E-state index contributed by atoms with van der Waals surface area (Å²) in [5.41, 5.74) is 1.12. The summed E-state index contributed by atoms with van der Waals surface area (Å²) in [5, 5.41) is 20.3. The third-order valence-corrected chi connectivity index (χ3v) is 4.37. The first-order valence-electron chi connectivity index (χ1n) is 7.46. The normalized spacial score (nSPS) is 10.5. The van der Waals surface area contributed by atoms with Crippen LogP contribution < -0.4 is 5.32 Å². The van der Waals surface area contributed by atoms with E-state index in [1.54, 1.807) is 42.3 Å². The number of amides is 1. The van der Waals surface area contributed by atoms with Crippen LogP contribution in [-0.2, 0) is 11.8 Å². The molecule has 10 heteroatoms. The molecular formula is C16H14N6O3S. The molecule has 0 aliphatic heterocycles. The van der Waals surface area contributed by atoms with Crippen LogP contribution in [0.3, 0.4) is 0 Å². The maximum Gasteiger partial charge on any atom is 0.335 e. The number of rotatable bonds is 6. The van der Waals surface area contributed by atoms with Gasteiger partial charge in [0.1, 0.15) is 5.69 Å². The summed E-state index contributed by atoms with van der Waals surface area (Å²) in [6, 6.07) is 6.06. The third-order valence-electron chi connectivity index (χ3n) is 3.35. The first-order chi connectivity index (χ1) is 12.5. The van der Waals surface area contributed by atoms with Gasteiger partial charge in [-0.3, -0.25) is 9.78 Å². The Bertz CT molecular complexity index is 944. The minimum Gasteiger partial charge on any atom is -0.478 e. The molecule has 132 valence electrons. The zero-order valence-electron chi connectivity index (χ0n) is 13.7. The lowest BCUT2D eigenvalue weighted by Crippen LogP contribution is -2.15. The van der Waals surface area contributed by atoms with Crippen molar-refractivity contribution in [1.82, 2.24) is 24.7 Å². The van der Waals surface area contributed by atoms with Crippen molar-refractivity contribution < 1.29 is 14.7 Å². The maximum atomic E-state index is 12.1. The molecule has 0 radical (unpaired) electrons. The van der Waals surface area contributed by atoms with Gasteiger partial charge in [0, 0.05) is 25.1 Å². The fraction of sp³-hybridized carbons (Fsp3) is 0.125. The largest absolute Gasteiger partial charge is 0.478 e. The summed E-state index contributed by atoms with van der Waals surface area (Å²) in [7, 11) is 1.78. The second kappa shape index (κ2) is 7.74. The zero-order valence-corrected chi connectivity index (χ0v) is 14.5. The number of aromatic nitrogens is 5. The van der Waals surface area contributed by atoms with E-state index in [0.717, 1.165) is 0 Å². The predicted molar refractivity (Wildman–Crippen MR) is 94.8 cm³/mol. The summed E-state index contributed by atoms with van der Waals surface area (Å²) >= 11 is 1.21. The molecule has 9 nitrogen and oxygen atoms in total. The lowest BCUT2D eigenvalue weighted by molar-refractivity contribution is -0.113. The van der Waals surface area contributed by atoms with E-state index in [2.05, 4.69) is 25.5 Å². The van der Waals surface area contributed by atoms with Crippen molar-refractivity contribution in [2.75, 3.05) is 11.1 Å². The summed E-state index contributed by atoms with van der Waals surface area (Å²) < 4.78 is 1.73. The van der Waals surface area contributed by atoms with E-state index < -0.39 is 5.97 Å². The Hall–Kier alpha value is -3.27. The van der Waals surface area contributed by atoms with Gasteiger partial charge >= 0.3 is 5.97 Å². The van der Waals surface area contributed by atoms with Crippen LogP contribution in [0.5, 0.6) is 0 Å².